The molecule has 0 unspecified atom stereocenters. The molecular weight excluding hydrogens is 222 g/mol. The van der Waals surface area contributed by atoms with Gasteiger partial charge in [-0.1, -0.05) is 6.92 Å². The molecule has 2 rings (SSSR count). The Labute approximate surface area is 97.9 Å². The van der Waals surface area contributed by atoms with Gasteiger partial charge in [0.25, 0.3) is 0 Å². The minimum Gasteiger partial charge on any atom is -0.265 e. The third-order valence-corrected chi connectivity index (χ3v) is 2.23. The molecule has 0 fully saturated rings. The van der Waals surface area contributed by atoms with Crippen molar-refractivity contribution in [3.8, 4) is 11.4 Å². The van der Waals surface area contributed by atoms with E-state index in [1.165, 1.54) is 0 Å². The van der Waals surface area contributed by atoms with E-state index in [1.54, 1.807) is 23.3 Å². The average molecular weight is 233 g/mol. The van der Waals surface area contributed by atoms with Gasteiger partial charge in [-0.25, -0.2) is 5.10 Å². The van der Waals surface area contributed by atoms with Gasteiger partial charge in [0.2, 0.25) is 4.77 Å². The molecule has 2 heterocycles. The van der Waals surface area contributed by atoms with Crippen LogP contribution >= 0.6 is 12.2 Å². The minimum atomic E-state index is 0.483. The van der Waals surface area contributed by atoms with Crippen LogP contribution in [0.3, 0.4) is 0 Å². The van der Waals surface area contributed by atoms with E-state index < -0.39 is 0 Å². The summed E-state index contributed by atoms with van der Waals surface area (Å²) < 4.78 is 2.09. The molecule has 6 heteroatoms. The van der Waals surface area contributed by atoms with Crippen molar-refractivity contribution in [2.45, 2.75) is 13.3 Å². The molecular formula is C10H11N5S. The lowest BCUT2D eigenvalue weighted by Crippen LogP contribution is -1.93. The number of rotatable bonds is 3. The second-order valence-electron chi connectivity index (χ2n) is 3.11. The molecule has 0 saturated heterocycles. The van der Waals surface area contributed by atoms with Crippen LogP contribution in [0.2, 0.25) is 0 Å². The van der Waals surface area contributed by atoms with Crippen molar-refractivity contribution in [2.75, 3.05) is 0 Å². The lowest BCUT2D eigenvalue weighted by molar-refractivity contribution is 0.866. The zero-order valence-corrected chi connectivity index (χ0v) is 9.61. The molecule has 1 N–H and O–H groups in total. The van der Waals surface area contributed by atoms with E-state index in [-0.39, 0.29) is 0 Å². The highest BCUT2D eigenvalue weighted by atomic mass is 32.1. The number of nitrogens with one attached hydrogen (secondary N) is 1. The Morgan fingerprint density at radius 2 is 2.25 bits per heavy atom. The summed E-state index contributed by atoms with van der Waals surface area (Å²) >= 11 is 5.10. The van der Waals surface area contributed by atoms with Crippen LogP contribution in [0.25, 0.3) is 11.4 Å². The van der Waals surface area contributed by atoms with Crippen molar-refractivity contribution in [1.82, 2.24) is 19.9 Å². The van der Waals surface area contributed by atoms with Crippen LogP contribution in [0, 0.1) is 4.77 Å². The molecule has 0 spiro atoms. The summed E-state index contributed by atoms with van der Waals surface area (Å²) in [4.78, 5) is 3.96. The minimum absolute atomic E-state index is 0.483. The quantitative estimate of drug-likeness (QED) is 0.653. The summed E-state index contributed by atoms with van der Waals surface area (Å²) in [5.41, 5.74) is 0.926. The number of nitrogens with zero attached hydrogens (tertiary/aromatic N) is 4. The number of aromatic nitrogens is 4. The molecule has 0 aliphatic carbocycles. The second-order valence-corrected chi connectivity index (χ2v) is 3.49. The van der Waals surface area contributed by atoms with Gasteiger partial charge < -0.3 is 0 Å². The maximum Gasteiger partial charge on any atom is 0.216 e. The summed E-state index contributed by atoms with van der Waals surface area (Å²) in [5, 5.41) is 11.1. The van der Waals surface area contributed by atoms with E-state index in [0.29, 0.717) is 10.6 Å². The highest BCUT2D eigenvalue weighted by Gasteiger charge is 2.06. The highest BCUT2D eigenvalue weighted by Crippen LogP contribution is 2.15. The van der Waals surface area contributed by atoms with Gasteiger partial charge in [0, 0.05) is 24.2 Å². The first-order valence-electron chi connectivity index (χ1n) is 4.93. The fourth-order valence-electron chi connectivity index (χ4n) is 1.25. The normalized spacial score (nSPS) is 11.1. The van der Waals surface area contributed by atoms with Gasteiger partial charge >= 0.3 is 0 Å². The van der Waals surface area contributed by atoms with Crippen LogP contribution in [-0.2, 0) is 0 Å². The van der Waals surface area contributed by atoms with Gasteiger partial charge in [0.1, 0.15) is 0 Å². The van der Waals surface area contributed by atoms with Gasteiger partial charge in [-0.15, -0.1) is 0 Å². The lowest BCUT2D eigenvalue weighted by atomic mass is 10.2. The second kappa shape index (κ2) is 4.80. The van der Waals surface area contributed by atoms with Crippen LogP contribution in [0.15, 0.2) is 29.6 Å². The van der Waals surface area contributed by atoms with E-state index in [0.717, 1.165) is 12.0 Å². The molecule has 2 aromatic heterocycles. The SMILES string of the molecule is CC/C=N/n1c(-c2ccncc2)n[nH]c1=S. The Hall–Kier alpha value is -1.82. The Morgan fingerprint density at radius 3 is 2.94 bits per heavy atom. The van der Waals surface area contributed by atoms with E-state index in [4.69, 9.17) is 12.2 Å². The van der Waals surface area contributed by atoms with Crippen molar-refractivity contribution >= 4 is 18.4 Å². The number of hydrogen-bond donors (Lipinski definition) is 1. The molecule has 0 aliphatic rings. The lowest BCUT2D eigenvalue weighted by Gasteiger charge is -1.99. The van der Waals surface area contributed by atoms with Crippen molar-refractivity contribution in [1.29, 1.82) is 0 Å². The third-order valence-electron chi connectivity index (χ3n) is 1.97. The molecule has 0 radical (unpaired) electrons. The first kappa shape index (κ1) is 10.7. The summed E-state index contributed by atoms with van der Waals surface area (Å²) in [6, 6.07) is 3.73. The maximum absolute atomic E-state index is 5.10. The third kappa shape index (κ3) is 2.06. The van der Waals surface area contributed by atoms with Crippen molar-refractivity contribution in [3.63, 3.8) is 0 Å². The van der Waals surface area contributed by atoms with E-state index >= 15 is 0 Å². The first-order chi connectivity index (χ1) is 7.83. The molecule has 0 aliphatic heterocycles. The monoisotopic (exact) mass is 233 g/mol. The Kier molecular flexibility index (Phi) is 3.21. The number of pyridine rings is 1. The van der Waals surface area contributed by atoms with Crippen LogP contribution in [-0.4, -0.2) is 26.1 Å². The molecule has 5 nitrogen and oxygen atoms in total. The summed E-state index contributed by atoms with van der Waals surface area (Å²) in [6.07, 6.45) is 6.06. The molecule has 0 aromatic carbocycles. The van der Waals surface area contributed by atoms with Gasteiger partial charge in [0.15, 0.2) is 5.82 Å². The molecule has 0 atom stereocenters. The molecule has 16 heavy (non-hydrogen) atoms. The van der Waals surface area contributed by atoms with Crippen LogP contribution in [0.5, 0.6) is 0 Å². The average Bonchev–Trinajstić information content (AvgIpc) is 2.69. The largest absolute Gasteiger partial charge is 0.265 e. The van der Waals surface area contributed by atoms with Gasteiger partial charge in [-0.05, 0) is 30.8 Å². The van der Waals surface area contributed by atoms with Crippen LogP contribution in [0.1, 0.15) is 13.3 Å². The van der Waals surface area contributed by atoms with E-state index in [1.807, 2.05) is 19.1 Å². The molecule has 2 aromatic rings. The van der Waals surface area contributed by atoms with Crippen molar-refractivity contribution in [2.24, 2.45) is 5.10 Å². The molecule has 82 valence electrons. The van der Waals surface area contributed by atoms with E-state index in [2.05, 4.69) is 20.3 Å². The number of hydrogen-bond acceptors (Lipinski definition) is 4. The Bertz CT molecular complexity index is 540. The highest BCUT2D eigenvalue weighted by molar-refractivity contribution is 7.71. The van der Waals surface area contributed by atoms with Gasteiger partial charge in [-0.2, -0.15) is 14.9 Å². The fourth-order valence-corrected chi connectivity index (χ4v) is 1.43. The smallest absolute Gasteiger partial charge is 0.216 e. The molecule has 0 amide bonds. The van der Waals surface area contributed by atoms with Crippen molar-refractivity contribution < 1.29 is 0 Å². The maximum atomic E-state index is 5.10. The van der Waals surface area contributed by atoms with Crippen molar-refractivity contribution in [3.05, 3.63) is 29.3 Å². The summed E-state index contributed by atoms with van der Waals surface area (Å²) in [6.45, 7) is 2.01. The van der Waals surface area contributed by atoms with E-state index in [9.17, 15) is 0 Å². The van der Waals surface area contributed by atoms with Crippen LogP contribution < -0.4 is 0 Å². The topological polar surface area (TPSA) is 58.9 Å². The number of H-pyrrole nitrogens is 1. The predicted molar refractivity (Wildman–Crippen MR) is 64.8 cm³/mol. The van der Waals surface area contributed by atoms with Gasteiger partial charge in [0.05, 0.1) is 0 Å². The van der Waals surface area contributed by atoms with Gasteiger partial charge in [-0.3, -0.25) is 4.98 Å². The first-order valence-corrected chi connectivity index (χ1v) is 5.34. The Morgan fingerprint density at radius 1 is 1.50 bits per heavy atom. The van der Waals surface area contributed by atoms with Crippen LogP contribution in [0.4, 0.5) is 0 Å². The fraction of sp³-hybridized carbons (Fsp3) is 0.200. The molecule has 0 bridgehead atoms. The Balaban J connectivity index is 2.50. The summed E-state index contributed by atoms with van der Waals surface area (Å²) in [5.74, 6) is 0.692. The zero-order chi connectivity index (χ0) is 11.4. The molecule has 0 saturated carbocycles. The standard InChI is InChI=1S/C10H11N5S/c1-2-5-12-15-9(13-14-10(15)16)8-3-6-11-7-4-8/h3-7H,2H2,1H3,(H,14,16)/b12-5+. The predicted octanol–water partition coefficient (Wildman–Crippen LogP) is 2.25. The zero-order valence-electron chi connectivity index (χ0n) is 8.79. The number of aromatic amines is 1. The summed E-state index contributed by atoms with van der Waals surface area (Å²) in [7, 11) is 0.